The minimum atomic E-state index is 0.955. The van der Waals surface area contributed by atoms with Crippen LogP contribution in [0.15, 0.2) is 231 Å². The third kappa shape index (κ3) is 5.62. The Hall–Kier alpha value is -8.33. The lowest BCUT2D eigenvalue weighted by Gasteiger charge is -2.19. The van der Waals surface area contributed by atoms with E-state index < -0.39 is 0 Å². The second-order valence-electron chi connectivity index (χ2n) is 16.7. The first-order chi connectivity index (χ1) is 31.2. The number of aromatic nitrogens is 2. The van der Waals surface area contributed by atoms with Crippen molar-refractivity contribution in [2.24, 2.45) is 0 Å². The van der Waals surface area contributed by atoms with Crippen LogP contribution < -0.4 is 0 Å². The Bertz CT molecular complexity index is 3950. The number of imidazole rings is 1. The first-order valence-corrected chi connectivity index (χ1v) is 21.7. The number of benzene rings is 11. The first-order valence-electron chi connectivity index (χ1n) is 21.7. The summed E-state index contributed by atoms with van der Waals surface area (Å²) in [6, 6.07) is 84.3. The van der Waals surface area contributed by atoms with Crippen LogP contribution in [-0.4, -0.2) is 9.38 Å². The third-order valence-corrected chi connectivity index (χ3v) is 13.1. The minimum absolute atomic E-state index is 0.955. The molecule has 63 heavy (non-hydrogen) atoms. The first kappa shape index (κ1) is 35.4. The summed E-state index contributed by atoms with van der Waals surface area (Å²) in [7, 11) is 0. The van der Waals surface area contributed by atoms with Crippen molar-refractivity contribution >= 4 is 70.4 Å². The Balaban J connectivity index is 1.09. The van der Waals surface area contributed by atoms with Crippen molar-refractivity contribution in [1.29, 1.82) is 0 Å². The van der Waals surface area contributed by atoms with Crippen molar-refractivity contribution in [2.45, 2.75) is 0 Å². The van der Waals surface area contributed by atoms with Gasteiger partial charge in [0.15, 0.2) is 0 Å². The van der Waals surface area contributed by atoms with E-state index in [0.717, 1.165) is 39.1 Å². The standard InChI is InChI=1S/C61H38N2/c1-3-17-41(18-4-1)59-60(42-19-5-2-6-20-42)63-56-26-14-13-23-49(56)54-37-45(32-34-53(54)61(63)62-59)46-31-33-52-55(38-46)58(48-30-28-40-16-8-10-22-44(40)36-48)51-25-12-11-24-50(51)57(52)47-29-27-39-15-7-9-21-43(39)35-47/h1-38H. The van der Waals surface area contributed by atoms with Crippen LogP contribution in [0.3, 0.4) is 0 Å². The molecule has 0 aliphatic rings. The highest BCUT2D eigenvalue weighted by atomic mass is 15.0. The summed E-state index contributed by atoms with van der Waals surface area (Å²) >= 11 is 0. The number of hydrogen-bond acceptors (Lipinski definition) is 1. The molecule has 13 rings (SSSR count). The van der Waals surface area contributed by atoms with Gasteiger partial charge in [0.05, 0.1) is 16.9 Å². The van der Waals surface area contributed by atoms with Crippen LogP contribution in [0, 0.1) is 0 Å². The van der Waals surface area contributed by atoms with Crippen LogP contribution in [0.25, 0.3) is 126 Å². The molecule has 0 aliphatic heterocycles. The molecule has 0 unspecified atom stereocenters. The second kappa shape index (κ2) is 14.1. The Morgan fingerprint density at radius 2 is 0.730 bits per heavy atom. The predicted molar refractivity (Wildman–Crippen MR) is 267 cm³/mol. The number of fused-ring (bicyclic) bond motifs is 10. The molecular formula is C61H38N2. The van der Waals surface area contributed by atoms with E-state index in [0.29, 0.717) is 0 Å². The SMILES string of the molecule is c1ccc(-c2nc3c4ccc(-c5ccc6c(-c7ccc8ccccc8c7)c7ccccc7c(-c7ccc8ccccc8c7)c6c5)cc4c4ccccc4n3c2-c2ccccc2)cc1. The summed E-state index contributed by atoms with van der Waals surface area (Å²) in [4.78, 5) is 5.50. The average Bonchev–Trinajstić information content (AvgIpc) is 3.77. The molecule has 2 aromatic heterocycles. The van der Waals surface area contributed by atoms with Gasteiger partial charge in [0.1, 0.15) is 5.65 Å². The van der Waals surface area contributed by atoms with E-state index in [1.807, 2.05) is 0 Å². The Morgan fingerprint density at radius 1 is 0.270 bits per heavy atom. The molecule has 0 fully saturated rings. The molecule has 13 aromatic rings. The fraction of sp³-hybridized carbons (Fsp3) is 0. The fourth-order valence-electron chi connectivity index (χ4n) is 10.2. The Kier molecular flexibility index (Phi) is 7.94. The zero-order valence-electron chi connectivity index (χ0n) is 34.3. The summed E-state index contributed by atoms with van der Waals surface area (Å²) in [5.74, 6) is 0. The number of para-hydroxylation sites is 1. The van der Waals surface area contributed by atoms with Gasteiger partial charge in [-0.3, -0.25) is 4.40 Å². The molecule has 2 nitrogen and oxygen atoms in total. The van der Waals surface area contributed by atoms with Gasteiger partial charge < -0.3 is 0 Å². The van der Waals surface area contributed by atoms with Crippen molar-refractivity contribution < 1.29 is 0 Å². The van der Waals surface area contributed by atoms with Crippen LogP contribution in [-0.2, 0) is 0 Å². The molecule has 0 bridgehead atoms. The van der Waals surface area contributed by atoms with Gasteiger partial charge >= 0.3 is 0 Å². The van der Waals surface area contributed by atoms with E-state index in [4.69, 9.17) is 4.98 Å². The molecule has 0 radical (unpaired) electrons. The van der Waals surface area contributed by atoms with Gasteiger partial charge in [-0.05, 0) is 118 Å². The Morgan fingerprint density at radius 3 is 1.37 bits per heavy atom. The van der Waals surface area contributed by atoms with E-state index in [9.17, 15) is 0 Å². The van der Waals surface area contributed by atoms with E-state index in [2.05, 4.69) is 235 Å². The number of pyridine rings is 1. The smallest absolute Gasteiger partial charge is 0.146 e. The van der Waals surface area contributed by atoms with Crippen LogP contribution in [0.4, 0.5) is 0 Å². The van der Waals surface area contributed by atoms with E-state index in [-0.39, 0.29) is 0 Å². The van der Waals surface area contributed by atoms with Crippen LogP contribution in [0.5, 0.6) is 0 Å². The van der Waals surface area contributed by atoms with Crippen LogP contribution >= 0.6 is 0 Å². The molecule has 0 spiro atoms. The van der Waals surface area contributed by atoms with Crippen LogP contribution in [0.1, 0.15) is 0 Å². The zero-order chi connectivity index (χ0) is 41.4. The summed E-state index contributed by atoms with van der Waals surface area (Å²) in [5.41, 5.74) is 13.7. The van der Waals surface area contributed by atoms with Crippen molar-refractivity contribution in [2.75, 3.05) is 0 Å². The van der Waals surface area contributed by atoms with Crippen molar-refractivity contribution in [3.05, 3.63) is 231 Å². The van der Waals surface area contributed by atoms with E-state index in [1.165, 1.54) is 87.2 Å². The third-order valence-electron chi connectivity index (χ3n) is 13.1. The van der Waals surface area contributed by atoms with Gasteiger partial charge in [-0.15, -0.1) is 0 Å². The maximum atomic E-state index is 5.50. The van der Waals surface area contributed by atoms with Crippen LogP contribution in [0.2, 0.25) is 0 Å². The van der Waals surface area contributed by atoms with Gasteiger partial charge in [0.2, 0.25) is 0 Å². The van der Waals surface area contributed by atoms with Gasteiger partial charge in [-0.1, -0.05) is 194 Å². The average molecular weight is 799 g/mol. The number of nitrogens with zero attached hydrogens (tertiary/aromatic N) is 2. The van der Waals surface area contributed by atoms with Crippen molar-refractivity contribution in [3.63, 3.8) is 0 Å². The highest BCUT2D eigenvalue weighted by Crippen LogP contribution is 2.47. The lowest BCUT2D eigenvalue weighted by molar-refractivity contribution is 1.27. The molecule has 0 aliphatic carbocycles. The molecule has 0 N–H and O–H groups in total. The molecule has 0 amide bonds. The quantitative estimate of drug-likeness (QED) is 0.125. The maximum Gasteiger partial charge on any atom is 0.146 e. The number of hydrogen-bond donors (Lipinski definition) is 0. The van der Waals surface area contributed by atoms with Gasteiger partial charge in [0, 0.05) is 21.9 Å². The summed E-state index contributed by atoms with van der Waals surface area (Å²) in [6.45, 7) is 0. The molecule has 0 saturated carbocycles. The zero-order valence-corrected chi connectivity index (χ0v) is 34.3. The summed E-state index contributed by atoms with van der Waals surface area (Å²) < 4.78 is 2.38. The molecule has 2 heterocycles. The normalized spacial score (nSPS) is 11.8. The van der Waals surface area contributed by atoms with Gasteiger partial charge in [0.25, 0.3) is 0 Å². The Labute approximate surface area is 364 Å². The minimum Gasteiger partial charge on any atom is -0.291 e. The molecule has 0 atom stereocenters. The second-order valence-corrected chi connectivity index (χ2v) is 16.7. The highest BCUT2D eigenvalue weighted by Gasteiger charge is 2.22. The monoisotopic (exact) mass is 798 g/mol. The van der Waals surface area contributed by atoms with E-state index >= 15 is 0 Å². The largest absolute Gasteiger partial charge is 0.291 e. The molecule has 292 valence electrons. The molecule has 2 heteroatoms. The number of rotatable bonds is 5. The predicted octanol–water partition coefficient (Wildman–Crippen LogP) is 16.6. The lowest BCUT2D eigenvalue weighted by Crippen LogP contribution is -1.95. The lowest BCUT2D eigenvalue weighted by atomic mass is 9.84. The fourth-order valence-corrected chi connectivity index (χ4v) is 10.2. The maximum absolute atomic E-state index is 5.50. The molecule has 0 saturated heterocycles. The van der Waals surface area contributed by atoms with Crippen molar-refractivity contribution in [3.8, 4) is 55.9 Å². The molecule has 11 aromatic carbocycles. The van der Waals surface area contributed by atoms with Crippen molar-refractivity contribution in [1.82, 2.24) is 9.38 Å². The summed E-state index contributed by atoms with van der Waals surface area (Å²) in [6.07, 6.45) is 0. The van der Waals surface area contributed by atoms with Gasteiger partial charge in [-0.2, -0.15) is 0 Å². The summed E-state index contributed by atoms with van der Waals surface area (Å²) in [5, 5.41) is 13.4. The van der Waals surface area contributed by atoms with E-state index in [1.54, 1.807) is 0 Å². The van der Waals surface area contributed by atoms with Gasteiger partial charge in [-0.25, -0.2) is 4.98 Å². The molecular weight excluding hydrogens is 761 g/mol. The highest BCUT2D eigenvalue weighted by molar-refractivity contribution is 6.23. The topological polar surface area (TPSA) is 17.3 Å².